The van der Waals surface area contributed by atoms with Crippen molar-refractivity contribution in [3.8, 4) is 11.1 Å². The zero-order valence-corrected chi connectivity index (χ0v) is 29.2. The lowest BCUT2D eigenvalue weighted by Gasteiger charge is -2.36. The number of esters is 1. The average molecular weight is 701 g/mol. The number of aliphatic hydroxyl groups is 1. The molecule has 51 heavy (non-hydrogen) atoms. The number of ether oxygens (including phenoxy) is 2. The Morgan fingerprint density at radius 3 is 1.61 bits per heavy atom. The van der Waals surface area contributed by atoms with Gasteiger partial charge in [-0.1, -0.05) is 140 Å². The molecular weight excluding hydrogens is 661 g/mol. The molecule has 5 aromatic rings. The fourth-order valence-electron chi connectivity index (χ4n) is 6.70. The van der Waals surface area contributed by atoms with Gasteiger partial charge < -0.3 is 25.2 Å². The van der Waals surface area contributed by atoms with Crippen LogP contribution in [0.25, 0.3) is 11.1 Å². The maximum Gasteiger partial charge on any atom is 0.407 e. The second-order valence-corrected chi connectivity index (χ2v) is 13.6. The first-order valence-electron chi connectivity index (χ1n) is 16.8. The fourth-order valence-corrected chi connectivity index (χ4v) is 8.26. The van der Waals surface area contributed by atoms with Crippen LogP contribution >= 0.6 is 11.8 Å². The molecule has 0 unspecified atom stereocenters. The summed E-state index contributed by atoms with van der Waals surface area (Å²) in [7, 11) is 1.18. The summed E-state index contributed by atoms with van der Waals surface area (Å²) >= 11 is 1.47. The molecule has 1 aliphatic carbocycles. The Balaban J connectivity index is 1.31. The van der Waals surface area contributed by atoms with E-state index in [0.29, 0.717) is 0 Å². The third-order valence-corrected chi connectivity index (χ3v) is 10.8. The van der Waals surface area contributed by atoms with E-state index < -0.39 is 40.9 Å². The van der Waals surface area contributed by atoms with E-state index in [4.69, 9.17) is 9.47 Å². The number of rotatable bonds is 13. The number of hydrogen-bond acceptors (Lipinski definition) is 7. The minimum absolute atomic E-state index is 0.0573. The van der Waals surface area contributed by atoms with Crippen LogP contribution in [0.3, 0.4) is 0 Å². The van der Waals surface area contributed by atoms with Gasteiger partial charge >= 0.3 is 12.1 Å². The van der Waals surface area contributed by atoms with Crippen molar-refractivity contribution < 1.29 is 29.0 Å². The molecule has 6 rings (SSSR count). The SMILES string of the molecule is COC(=O)[C@@H](NC(=O)[C@H](CSC(c1ccccc1)(c1ccccc1)c1ccccc1)NC(=O)OCC1c2ccccc2-c2ccccc21)[C@@H](C)O. The van der Waals surface area contributed by atoms with Crippen molar-refractivity contribution in [2.45, 2.75) is 35.8 Å². The number of carbonyl (C=O) groups excluding carboxylic acids is 3. The highest BCUT2D eigenvalue weighted by Gasteiger charge is 2.40. The third-order valence-electron chi connectivity index (χ3n) is 9.19. The van der Waals surface area contributed by atoms with Gasteiger partial charge in [0.05, 0.1) is 18.0 Å². The van der Waals surface area contributed by atoms with Gasteiger partial charge in [-0.15, -0.1) is 11.8 Å². The highest BCUT2D eigenvalue weighted by atomic mass is 32.2. The van der Waals surface area contributed by atoms with Crippen molar-refractivity contribution in [1.82, 2.24) is 10.6 Å². The number of hydrogen-bond donors (Lipinski definition) is 3. The van der Waals surface area contributed by atoms with Crippen LogP contribution < -0.4 is 10.6 Å². The molecule has 0 saturated heterocycles. The highest BCUT2D eigenvalue weighted by molar-refractivity contribution is 8.00. The van der Waals surface area contributed by atoms with Crippen LogP contribution in [-0.2, 0) is 23.8 Å². The van der Waals surface area contributed by atoms with Gasteiger partial charge in [0.15, 0.2) is 6.04 Å². The minimum atomic E-state index is -1.35. The number of fused-ring (bicyclic) bond motifs is 3. The lowest BCUT2D eigenvalue weighted by Crippen LogP contribution is -2.56. The lowest BCUT2D eigenvalue weighted by atomic mass is 9.84. The fraction of sp³-hybridized carbons (Fsp3) is 0.214. The van der Waals surface area contributed by atoms with Crippen molar-refractivity contribution in [1.29, 1.82) is 0 Å². The van der Waals surface area contributed by atoms with Gasteiger partial charge in [-0.05, 0) is 45.9 Å². The largest absolute Gasteiger partial charge is 0.467 e. The Labute approximate surface area is 302 Å². The average Bonchev–Trinajstić information content (AvgIpc) is 3.50. The minimum Gasteiger partial charge on any atom is -0.467 e. The first-order valence-corrected chi connectivity index (χ1v) is 17.8. The Bertz CT molecular complexity index is 1810. The summed E-state index contributed by atoms with van der Waals surface area (Å²) < 4.78 is 9.90. The van der Waals surface area contributed by atoms with E-state index in [1.165, 1.54) is 25.8 Å². The molecular formula is C42H40N2O6S. The second kappa shape index (κ2) is 16.1. The summed E-state index contributed by atoms with van der Waals surface area (Å²) in [5.74, 6) is -1.58. The normalized spacial score (nSPS) is 13.9. The maximum atomic E-state index is 14.0. The Morgan fingerprint density at radius 1 is 0.706 bits per heavy atom. The molecule has 2 amide bonds. The van der Waals surface area contributed by atoms with Gasteiger partial charge in [0.2, 0.25) is 5.91 Å². The summed E-state index contributed by atoms with van der Waals surface area (Å²) in [4.78, 5) is 40.2. The molecule has 1 aliphatic rings. The predicted molar refractivity (Wildman–Crippen MR) is 199 cm³/mol. The summed E-state index contributed by atoms with van der Waals surface area (Å²) in [5.41, 5.74) is 7.25. The van der Waals surface area contributed by atoms with Crippen LogP contribution in [0.1, 0.15) is 40.7 Å². The first-order chi connectivity index (χ1) is 24.8. The van der Waals surface area contributed by atoms with E-state index in [9.17, 15) is 19.5 Å². The van der Waals surface area contributed by atoms with Gasteiger partial charge in [-0.2, -0.15) is 0 Å². The molecule has 0 fully saturated rings. The van der Waals surface area contributed by atoms with Gasteiger partial charge in [-0.3, -0.25) is 4.79 Å². The number of aliphatic hydroxyl groups excluding tert-OH is 1. The van der Waals surface area contributed by atoms with E-state index >= 15 is 0 Å². The van der Waals surface area contributed by atoms with E-state index in [-0.39, 0.29) is 18.3 Å². The van der Waals surface area contributed by atoms with E-state index in [0.717, 1.165) is 38.9 Å². The van der Waals surface area contributed by atoms with Gasteiger partial charge in [0.1, 0.15) is 12.6 Å². The molecule has 0 aromatic heterocycles. The molecule has 0 spiro atoms. The highest BCUT2D eigenvalue weighted by Crippen LogP contribution is 2.49. The Hall–Kier alpha value is -5.38. The topological polar surface area (TPSA) is 114 Å². The van der Waals surface area contributed by atoms with E-state index in [2.05, 4.69) is 22.8 Å². The maximum absolute atomic E-state index is 14.0. The van der Waals surface area contributed by atoms with Gasteiger partial charge in [0, 0.05) is 11.7 Å². The van der Waals surface area contributed by atoms with Crippen LogP contribution in [0.2, 0.25) is 0 Å². The molecule has 0 radical (unpaired) electrons. The van der Waals surface area contributed by atoms with Gasteiger partial charge in [0.25, 0.3) is 0 Å². The number of nitrogens with one attached hydrogen (secondary N) is 2. The van der Waals surface area contributed by atoms with Crippen molar-refractivity contribution in [3.05, 3.63) is 167 Å². The molecule has 0 bridgehead atoms. The molecule has 0 aliphatic heterocycles. The van der Waals surface area contributed by atoms with Crippen molar-refractivity contribution in [3.63, 3.8) is 0 Å². The second-order valence-electron chi connectivity index (χ2n) is 12.4. The summed E-state index contributed by atoms with van der Waals surface area (Å²) in [6, 6.07) is 43.5. The summed E-state index contributed by atoms with van der Waals surface area (Å²) in [6.07, 6.45) is -2.03. The number of methoxy groups -OCH3 is 1. The van der Waals surface area contributed by atoms with E-state index in [1.807, 2.05) is 127 Å². The molecule has 9 heteroatoms. The molecule has 5 aromatic carbocycles. The predicted octanol–water partition coefficient (Wildman–Crippen LogP) is 6.66. The zero-order chi connectivity index (χ0) is 35.8. The van der Waals surface area contributed by atoms with Crippen LogP contribution in [0.15, 0.2) is 140 Å². The molecule has 260 valence electrons. The van der Waals surface area contributed by atoms with Crippen molar-refractivity contribution >= 4 is 29.7 Å². The summed E-state index contributed by atoms with van der Waals surface area (Å²) in [5, 5.41) is 15.8. The monoisotopic (exact) mass is 700 g/mol. The quantitative estimate of drug-likeness (QED) is 0.0931. The first kappa shape index (κ1) is 35.4. The van der Waals surface area contributed by atoms with Crippen LogP contribution in [-0.4, -0.2) is 60.7 Å². The standard InChI is InChI=1S/C42H40N2O6S/c1-28(45)38(40(47)49-2)44-39(46)37(43-41(48)50-26-36-34-24-14-12-22-32(34)33-23-13-15-25-35(33)36)27-51-42(29-16-6-3-7-17-29,30-18-8-4-9-19-30)31-20-10-5-11-21-31/h3-25,28,36-38,45H,26-27H2,1-2H3,(H,43,48)(H,44,46)/t28-,37+,38+/m1/s1. The molecule has 8 nitrogen and oxygen atoms in total. The number of amides is 2. The number of alkyl carbamates (subject to hydrolysis) is 1. The third kappa shape index (κ3) is 7.55. The number of thioether (sulfide) groups is 1. The Kier molecular flexibility index (Phi) is 11.2. The molecule has 3 N–H and O–H groups in total. The van der Waals surface area contributed by atoms with Crippen molar-refractivity contribution in [2.24, 2.45) is 0 Å². The van der Waals surface area contributed by atoms with Crippen molar-refractivity contribution in [2.75, 3.05) is 19.5 Å². The molecule has 0 heterocycles. The number of carbonyl (C=O) groups is 3. The molecule has 3 atom stereocenters. The lowest BCUT2D eigenvalue weighted by molar-refractivity contribution is -0.148. The zero-order valence-electron chi connectivity index (χ0n) is 28.4. The van der Waals surface area contributed by atoms with E-state index in [1.54, 1.807) is 0 Å². The number of benzene rings is 5. The van der Waals surface area contributed by atoms with Crippen LogP contribution in [0.5, 0.6) is 0 Å². The van der Waals surface area contributed by atoms with Gasteiger partial charge in [-0.25, -0.2) is 9.59 Å². The van der Waals surface area contributed by atoms with Crippen LogP contribution in [0.4, 0.5) is 4.79 Å². The Morgan fingerprint density at radius 2 is 1.16 bits per heavy atom. The summed E-state index contributed by atoms with van der Waals surface area (Å²) in [6.45, 7) is 1.44. The van der Waals surface area contributed by atoms with Crippen LogP contribution in [0, 0.1) is 0 Å². The molecule has 0 saturated carbocycles. The smallest absolute Gasteiger partial charge is 0.407 e.